The van der Waals surface area contributed by atoms with Crippen LogP contribution in [0.3, 0.4) is 0 Å². The highest BCUT2D eigenvalue weighted by Crippen LogP contribution is 2.23. The normalized spacial score (nSPS) is 10.3. The van der Waals surface area contributed by atoms with Gasteiger partial charge in [0.05, 0.1) is 30.3 Å². The Hall–Kier alpha value is -3.75. The number of nitro groups is 1. The van der Waals surface area contributed by atoms with E-state index in [9.17, 15) is 24.5 Å². The third-order valence-corrected chi connectivity index (χ3v) is 5.00. The summed E-state index contributed by atoms with van der Waals surface area (Å²) in [6.45, 7) is 0.624. The van der Waals surface area contributed by atoms with E-state index >= 15 is 0 Å². The molecule has 0 heterocycles. The molecule has 176 valence electrons. The number of unbranched alkanes of at least 4 members (excludes halogenated alkanes) is 3. The Kier molecular flexibility index (Phi) is 10.5. The fraction of sp³-hybridized carbons (Fsp3) is 0.375. The highest BCUT2D eigenvalue weighted by molar-refractivity contribution is 5.82. The van der Waals surface area contributed by atoms with E-state index < -0.39 is 10.9 Å². The number of esters is 1. The molecule has 0 saturated carbocycles. The molecule has 0 bridgehead atoms. The molecule has 0 aliphatic carbocycles. The molecular weight excluding hydrogens is 428 g/mol. The standard InChI is InChI=1S/C24H28N2O7/c1-32-24(29)17-25(16-19-9-5-4-6-10-19)23(28)11-7-2-3-8-14-33-21-13-12-20(18-27)22(15-21)26(30)31/h4-6,9-10,12-13,15,18H,2-3,7-8,11,14,16-17H2,1H3. The minimum atomic E-state index is -0.616. The van der Waals surface area contributed by atoms with Gasteiger partial charge in [0, 0.05) is 13.0 Å². The van der Waals surface area contributed by atoms with E-state index in [0.29, 0.717) is 44.4 Å². The zero-order valence-electron chi connectivity index (χ0n) is 18.6. The molecule has 9 heteroatoms. The fourth-order valence-corrected chi connectivity index (χ4v) is 3.21. The first kappa shape index (κ1) is 25.5. The number of carbonyl (C=O) groups excluding carboxylic acids is 3. The smallest absolute Gasteiger partial charge is 0.325 e. The molecule has 0 radical (unpaired) electrons. The van der Waals surface area contributed by atoms with Crippen LogP contribution in [0.2, 0.25) is 0 Å². The predicted octanol–water partition coefficient (Wildman–Crippen LogP) is 3.94. The van der Waals surface area contributed by atoms with Crippen LogP contribution in [0.4, 0.5) is 5.69 Å². The molecule has 0 aromatic heterocycles. The third-order valence-electron chi connectivity index (χ3n) is 5.00. The summed E-state index contributed by atoms with van der Waals surface area (Å²) in [5.74, 6) is -0.234. The number of ether oxygens (including phenoxy) is 2. The van der Waals surface area contributed by atoms with Gasteiger partial charge in [-0.25, -0.2) is 0 Å². The second kappa shape index (κ2) is 13.6. The summed E-state index contributed by atoms with van der Waals surface area (Å²) >= 11 is 0. The van der Waals surface area contributed by atoms with Crippen molar-refractivity contribution < 1.29 is 28.8 Å². The van der Waals surface area contributed by atoms with Crippen LogP contribution >= 0.6 is 0 Å². The van der Waals surface area contributed by atoms with Crippen molar-refractivity contribution in [2.24, 2.45) is 0 Å². The topological polar surface area (TPSA) is 116 Å². The minimum absolute atomic E-state index is 0.00512. The zero-order chi connectivity index (χ0) is 24.1. The van der Waals surface area contributed by atoms with E-state index in [-0.39, 0.29) is 23.7 Å². The van der Waals surface area contributed by atoms with E-state index in [4.69, 9.17) is 9.47 Å². The Balaban J connectivity index is 1.72. The van der Waals surface area contributed by atoms with Gasteiger partial charge in [-0.2, -0.15) is 0 Å². The van der Waals surface area contributed by atoms with Crippen LogP contribution < -0.4 is 4.74 Å². The molecule has 0 fully saturated rings. The lowest BCUT2D eigenvalue weighted by Gasteiger charge is -2.21. The Bertz CT molecular complexity index is 947. The molecule has 33 heavy (non-hydrogen) atoms. The number of carbonyl (C=O) groups is 3. The van der Waals surface area contributed by atoms with Crippen molar-refractivity contribution in [2.45, 2.75) is 38.6 Å². The van der Waals surface area contributed by atoms with E-state index in [1.54, 1.807) is 0 Å². The second-order valence-electron chi connectivity index (χ2n) is 7.42. The molecule has 2 rings (SSSR count). The van der Waals surface area contributed by atoms with Crippen LogP contribution in [0.25, 0.3) is 0 Å². The number of nitrogens with zero attached hydrogens (tertiary/aromatic N) is 2. The number of amides is 1. The molecule has 0 atom stereocenters. The van der Waals surface area contributed by atoms with Crippen molar-refractivity contribution >= 4 is 23.9 Å². The summed E-state index contributed by atoms with van der Waals surface area (Å²) in [7, 11) is 1.30. The molecule has 2 aromatic carbocycles. The number of aldehydes is 1. The maximum Gasteiger partial charge on any atom is 0.325 e. The summed E-state index contributed by atoms with van der Waals surface area (Å²) in [6.07, 6.45) is 3.77. The van der Waals surface area contributed by atoms with Gasteiger partial charge in [-0.3, -0.25) is 24.5 Å². The van der Waals surface area contributed by atoms with E-state index in [0.717, 1.165) is 18.4 Å². The molecule has 0 N–H and O–H groups in total. The van der Waals surface area contributed by atoms with Crippen LogP contribution in [-0.4, -0.2) is 48.2 Å². The van der Waals surface area contributed by atoms with Crippen LogP contribution in [0, 0.1) is 10.1 Å². The molecule has 1 amide bonds. The Morgan fingerprint density at radius 1 is 1.06 bits per heavy atom. The molecular formula is C24H28N2O7. The second-order valence-corrected chi connectivity index (χ2v) is 7.42. The third kappa shape index (κ3) is 8.72. The van der Waals surface area contributed by atoms with Gasteiger partial charge in [0.15, 0.2) is 6.29 Å². The number of rotatable bonds is 14. The van der Waals surface area contributed by atoms with Gasteiger partial charge in [0.25, 0.3) is 5.69 Å². The van der Waals surface area contributed by atoms with E-state index in [1.807, 2.05) is 30.3 Å². The zero-order valence-corrected chi connectivity index (χ0v) is 18.6. The average Bonchev–Trinajstić information content (AvgIpc) is 2.83. The molecule has 0 saturated heterocycles. The Morgan fingerprint density at radius 3 is 2.45 bits per heavy atom. The van der Waals surface area contributed by atoms with Crippen molar-refractivity contribution in [2.75, 3.05) is 20.3 Å². The molecule has 0 spiro atoms. The van der Waals surface area contributed by atoms with Crippen molar-refractivity contribution in [1.29, 1.82) is 0 Å². The molecule has 9 nitrogen and oxygen atoms in total. The molecule has 2 aromatic rings. The molecule has 0 aliphatic heterocycles. The average molecular weight is 456 g/mol. The van der Waals surface area contributed by atoms with E-state index in [1.165, 1.54) is 30.2 Å². The maximum absolute atomic E-state index is 12.6. The summed E-state index contributed by atoms with van der Waals surface area (Å²) in [5.41, 5.74) is 0.659. The van der Waals surface area contributed by atoms with Gasteiger partial charge in [-0.05, 0) is 30.5 Å². The lowest BCUT2D eigenvalue weighted by atomic mass is 10.1. The lowest BCUT2D eigenvalue weighted by Crippen LogP contribution is -2.35. The van der Waals surface area contributed by atoms with E-state index in [2.05, 4.69) is 0 Å². The monoisotopic (exact) mass is 456 g/mol. The van der Waals surface area contributed by atoms with Crippen molar-refractivity contribution in [3.63, 3.8) is 0 Å². The van der Waals surface area contributed by atoms with Gasteiger partial charge in [0.1, 0.15) is 12.3 Å². The summed E-state index contributed by atoms with van der Waals surface area (Å²) in [4.78, 5) is 47.1. The SMILES string of the molecule is COC(=O)CN(Cc1ccccc1)C(=O)CCCCCCOc1ccc(C=O)c([N+](=O)[O-])c1. The number of hydrogen-bond acceptors (Lipinski definition) is 7. The van der Waals surface area contributed by atoms with Gasteiger partial charge in [0.2, 0.25) is 5.91 Å². The van der Waals surface area contributed by atoms with Gasteiger partial charge in [-0.15, -0.1) is 0 Å². The predicted molar refractivity (Wildman–Crippen MR) is 121 cm³/mol. The number of benzene rings is 2. The Morgan fingerprint density at radius 2 is 1.79 bits per heavy atom. The molecule has 0 unspecified atom stereocenters. The summed E-state index contributed by atoms with van der Waals surface area (Å²) < 4.78 is 10.2. The lowest BCUT2D eigenvalue weighted by molar-refractivity contribution is -0.385. The van der Waals surface area contributed by atoms with Crippen molar-refractivity contribution in [3.05, 3.63) is 69.8 Å². The number of hydrogen-bond donors (Lipinski definition) is 0. The highest BCUT2D eigenvalue weighted by Gasteiger charge is 2.18. The van der Waals surface area contributed by atoms with Gasteiger partial charge < -0.3 is 14.4 Å². The first-order valence-electron chi connectivity index (χ1n) is 10.7. The quantitative estimate of drug-likeness (QED) is 0.139. The summed E-state index contributed by atoms with van der Waals surface area (Å²) in [5, 5.41) is 11.0. The molecule has 0 aliphatic rings. The van der Waals surface area contributed by atoms with Crippen molar-refractivity contribution in [3.8, 4) is 5.75 Å². The van der Waals surface area contributed by atoms with Crippen LogP contribution in [0.15, 0.2) is 48.5 Å². The minimum Gasteiger partial charge on any atom is -0.493 e. The van der Waals surface area contributed by atoms with Crippen LogP contribution in [-0.2, 0) is 20.9 Å². The Labute approximate surface area is 192 Å². The van der Waals surface area contributed by atoms with Gasteiger partial charge >= 0.3 is 5.97 Å². The highest BCUT2D eigenvalue weighted by atomic mass is 16.6. The van der Waals surface area contributed by atoms with Crippen molar-refractivity contribution in [1.82, 2.24) is 4.90 Å². The summed E-state index contributed by atoms with van der Waals surface area (Å²) in [6, 6.07) is 13.6. The fourth-order valence-electron chi connectivity index (χ4n) is 3.21. The van der Waals surface area contributed by atoms with Crippen LogP contribution in [0.5, 0.6) is 5.75 Å². The number of nitro benzene ring substituents is 1. The first-order valence-corrected chi connectivity index (χ1v) is 10.7. The van der Waals surface area contributed by atoms with Gasteiger partial charge in [-0.1, -0.05) is 43.2 Å². The largest absolute Gasteiger partial charge is 0.493 e. The maximum atomic E-state index is 12.6. The first-order chi connectivity index (χ1) is 15.9. The number of methoxy groups -OCH3 is 1. The van der Waals surface area contributed by atoms with Crippen LogP contribution in [0.1, 0.15) is 48.0 Å².